The minimum Gasteiger partial charge on any atom is -0.480 e. The molecule has 0 bridgehead atoms. The predicted molar refractivity (Wildman–Crippen MR) is 184 cm³/mol. The topological polar surface area (TPSA) is 141 Å². The molecule has 0 saturated carbocycles. The van der Waals surface area contributed by atoms with Gasteiger partial charge in [0, 0.05) is 54.4 Å². The number of benzene rings is 2. The number of nitrogens with one attached hydrogen (secondary N) is 2. The van der Waals surface area contributed by atoms with Gasteiger partial charge in [-0.25, -0.2) is 14.8 Å². The molecule has 2 amide bonds. The SMILES string of the molecule is COc1nc(-c2cccc(-c3cccc(-c4cnc(CN5CC6(CNC(=O)O6)C5)c(OC)n4)c3Cl)c2Cl)cnc1CCC[C@@H]1CCC(=O)N1. The summed E-state index contributed by atoms with van der Waals surface area (Å²) in [6.07, 6.45) is 6.89. The minimum atomic E-state index is -0.469. The van der Waals surface area contributed by atoms with Gasteiger partial charge in [-0.1, -0.05) is 59.6 Å². The van der Waals surface area contributed by atoms with Gasteiger partial charge in [0.05, 0.1) is 54.6 Å². The smallest absolute Gasteiger partial charge is 0.407 e. The summed E-state index contributed by atoms with van der Waals surface area (Å²) < 4.78 is 16.7. The van der Waals surface area contributed by atoms with Gasteiger partial charge in [0.25, 0.3) is 0 Å². The molecule has 3 aliphatic rings. The molecule has 7 rings (SSSR count). The van der Waals surface area contributed by atoms with Crippen LogP contribution in [0.4, 0.5) is 4.79 Å². The second kappa shape index (κ2) is 13.8. The van der Waals surface area contributed by atoms with Crippen LogP contribution in [0.25, 0.3) is 33.6 Å². The van der Waals surface area contributed by atoms with Gasteiger partial charge in [0.15, 0.2) is 5.60 Å². The molecule has 2 N–H and O–H groups in total. The molecule has 12 nitrogen and oxygen atoms in total. The number of hydrogen-bond acceptors (Lipinski definition) is 10. The van der Waals surface area contributed by atoms with E-state index in [1.807, 2.05) is 36.4 Å². The number of halogens is 2. The van der Waals surface area contributed by atoms with E-state index in [2.05, 4.69) is 25.5 Å². The van der Waals surface area contributed by atoms with Crippen molar-refractivity contribution in [2.75, 3.05) is 33.9 Å². The first-order valence-corrected chi connectivity index (χ1v) is 16.9. The molecule has 0 unspecified atom stereocenters. The lowest BCUT2D eigenvalue weighted by molar-refractivity contribution is -0.119. The number of amides is 2. The van der Waals surface area contributed by atoms with Crippen molar-refractivity contribution < 1.29 is 23.8 Å². The maximum atomic E-state index is 11.5. The average molecular weight is 705 g/mol. The molecule has 0 aliphatic carbocycles. The van der Waals surface area contributed by atoms with E-state index in [-0.39, 0.29) is 18.0 Å². The van der Waals surface area contributed by atoms with Crippen LogP contribution in [0.1, 0.15) is 37.1 Å². The minimum absolute atomic E-state index is 0.118. The number of aryl methyl sites for hydroxylation is 1. The quantitative estimate of drug-likeness (QED) is 0.206. The molecule has 1 spiro atoms. The number of aromatic nitrogens is 4. The molecule has 3 saturated heterocycles. The van der Waals surface area contributed by atoms with Crippen molar-refractivity contribution in [2.24, 2.45) is 0 Å². The zero-order chi connectivity index (χ0) is 34.1. The van der Waals surface area contributed by atoms with Crippen molar-refractivity contribution >= 4 is 35.2 Å². The van der Waals surface area contributed by atoms with Crippen LogP contribution in [0.3, 0.4) is 0 Å². The Morgan fingerprint density at radius 2 is 1.49 bits per heavy atom. The summed E-state index contributed by atoms with van der Waals surface area (Å²) in [6.45, 7) is 2.22. The van der Waals surface area contributed by atoms with Crippen molar-refractivity contribution in [1.82, 2.24) is 35.5 Å². The van der Waals surface area contributed by atoms with Crippen molar-refractivity contribution in [3.8, 4) is 45.4 Å². The number of ether oxygens (including phenoxy) is 3. The first-order valence-electron chi connectivity index (χ1n) is 16.1. The van der Waals surface area contributed by atoms with Crippen LogP contribution in [-0.2, 0) is 22.5 Å². The van der Waals surface area contributed by atoms with Crippen LogP contribution in [0, 0.1) is 0 Å². The van der Waals surface area contributed by atoms with Crippen LogP contribution < -0.4 is 20.1 Å². The van der Waals surface area contributed by atoms with Gasteiger partial charge in [0.1, 0.15) is 11.4 Å². The largest absolute Gasteiger partial charge is 0.480 e. The van der Waals surface area contributed by atoms with Crippen LogP contribution in [0.2, 0.25) is 10.0 Å². The zero-order valence-electron chi connectivity index (χ0n) is 27.1. The number of likely N-dealkylation sites (tertiary alicyclic amines) is 1. The fraction of sp³-hybridized carbons (Fsp3) is 0.371. The second-order valence-corrected chi connectivity index (χ2v) is 13.3. The molecule has 14 heteroatoms. The van der Waals surface area contributed by atoms with Crippen molar-refractivity contribution in [3.63, 3.8) is 0 Å². The maximum Gasteiger partial charge on any atom is 0.407 e. The lowest BCUT2D eigenvalue weighted by atomic mass is 9.94. The van der Waals surface area contributed by atoms with E-state index in [0.717, 1.165) is 36.1 Å². The highest BCUT2D eigenvalue weighted by Gasteiger charge is 2.50. The third kappa shape index (κ3) is 6.72. The van der Waals surface area contributed by atoms with E-state index in [1.54, 1.807) is 26.6 Å². The molecule has 1 atom stereocenters. The van der Waals surface area contributed by atoms with Gasteiger partial charge in [0.2, 0.25) is 17.7 Å². The fourth-order valence-electron chi connectivity index (χ4n) is 6.72. The molecule has 254 valence electrons. The summed E-state index contributed by atoms with van der Waals surface area (Å²) in [4.78, 5) is 44.0. The lowest BCUT2D eigenvalue weighted by Crippen LogP contribution is -2.63. The Labute approximate surface area is 293 Å². The Bertz CT molecular complexity index is 1920. The Balaban J connectivity index is 1.10. The van der Waals surface area contributed by atoms with Gasteiger partial charge in [-0.15, -0.1) is 0 Å². The van der Waals surface area contributed by atoms with Crippen LogP contribution >= 0.6 is 23.2 Å². The van der Waals surface area contributed by atoms with Crippen molar-refractivity contribution in [3.05, 3.63) is 70.2 Å². The first kappa shape index (κ1) is 33.0. The van der Waals surface area contributed by atoms with E-state index >= 15 is 0 Å². The Hall–Kier alpha value is -4.52. The molecule has 3 fully saturated rings. The summed E-state index contributed by atoms with van der Waals surface area (Å²) in [5.74, 6) is 0.952. The monoisotopic (exact) mass is 703 g/mol. The number of hydrogen-bond donors (Lipinski definition) is 2. The van der Waals surface area contributed by atoms with E-state index in [1.165, 1.54) is 0 Å². The molecular formula is C35H35Cl2N7O5. The van der Waals surface area contributed by atoms with Crippen LogP contribution in [0.15, 0.2) is 48.8 Å². The summed E-state index contributed by atoms with van der Waals surface area (Å²) in [5, 5.41) is 6.66. The Morgan fingerprint density at radius 1 is 0.898 bits per heavy atom. The van der Waals surface area contributed by atoms with Crippen LogP contribution in [-0.4, -0.2) is 82.3 Å². The molecule has 0 radical (unpaired) electrons. The number of rotatable bonds is 11. The highest BCUT2D eigenvalue weighted by atomic mass is 35.5. The first-order chi connectivity index (χ1) is 23.8. The molecule has 2 aromatic carbocycles. The van der Waals surface area contributed by atoms with E-state index in [9.17, 15) is 9.59 Å². The van der Waals surface area contributed by atoms with E-state index in [4.69, 9.17) is 47.4 Å². The van der Waals surface area contributed by atoms with Gasteiger partial charge < -0.3 is 24.8 Å². The van der Waals surface area contributed by atoms with E-state index < -0.39 is 5.60 Å². The van der Waals surface area contributed by atoms with Gasteiger partial charge >= 0.3 is 6.09 Å². The molecule has 4 aromatic rings. The molecule has 3 aliphatic heterocycles. The van der Waals surface area contributed by atoms with E-state index in [0.29, 0.717) is 89.0 Å². The lowest BCUT2D eigenvalue weighted by Gasteiger charge is -2.45. The predicted octanol–water partition coefficient (Wildman–Crippen LogP) is 5.49. The Morgan fingerprint density at radius 3 is 2.04 bits per heavy atom. The number of carbonyl (C=O) groups excluding carboxylic acids is 2. The third-order valence-electron chi connectivity index (χ3n) is 9.16. The van der Waals surface area contributed by atoms with Gasteiger partial charge in [-0.05, 0) is 25.7 Å². The molecule has 2 aromatic heterocycles. The molecule has 5 heterocycles. The van der Waals surface area contributed by atoms with Crippen molar-refractivity contribution in [1.29, 1.82) is 0 Å². The average Bonchev–Trinajstić information content (AvgIpc) is 3.70. The van der Waals surface area contributed by atoms with Gasteiger partial charge in [-0.3, -0.25) is 19.7 Å². The maximum absolute atomic E-state index is 11.5. The second-order valence-electron chi connectivity index (χ2n) is 12.5. The highest BCUT2D eigenvalue weighted by molar-refractivity contribution is 6.39. The summed E-state index contributed by atoms with van der Waals surface area (Å²) in [5.41, 5.74) is 4.89. The number of carbonyl (C=O) groups is 2. The Kier molecular flexibility index (Phi) is 9.27. The number of alkyl carbamates (subject to hydrolysis) is 1. The molecule has 49 heavy (non-hydrogen) atoms. The normalized spacial score (nSPS) is 18.2. The zero-order valence-corrected chi connectivity index (χ0v) is 28.6. The standard InChI is InChI=1S/C35H35Cl2N7O5/c1-47-32-25(11-3-6-20-12-13-29(45)41-20)38-14-26(42-32)23-9-4-7-21(30(23)36)22-8-5-10-24(31(22)37)27-15-39-28(33(43-27)48-2)16-44-18-35(19-44)17-40-34(46)49-35/h4-5,7-10,14-15,20H,3,6,11-13,16-19H2,1-2H3,(H,40,46)(H,41,45)/t20-/m1/s1. The molecular weight excluding hydrogens is 669 g/mol. The van der Waals surface area contributed by atoms with Crippen molar-refractivity contribution in [2.45, 2.75) is 50.3 Å². The van der Waals surface area contributed by atoms with Crippen LogP contribution in [0.5, 0.6) is 11.8 Å². The number of methoxy groups -OCH3 is 2. The van der Waals surface area contributed by atoms with Gasteiger partial charge in [-0.2, -0.15) is 0 Å². The number of nitrogens with zero attached hydrogens (tertiary/aromatic N) is 5. The summed E-state index contributed by atoms with van der Waals surface area (Å²) in [7, 11) is 3.14. The third-order valence-corrected chi connectivity index (χ3v) is 9.98. The fourth-order valence-corrected chi connectivity index (χ4v) is 7.37. The highest BCUT2D eigenvalue weighted by Crippen LogP contribution is 2.42. The summed E-state index contributed by atoms with van der Waals surface area (Å²) >= 11 is 14.1. The summed E-state index contributed by atoms with van der Waals surface area (Å²) in [6, 6.07) is 11.6.